The molecule has 22 heavy (non-hydrogen) atoms. The fourth-order valence-corrected chi connectivity index (χ4v) is 3.46. The number of amides is 1. The molecule has 3 atom stereocenters. The van der Waals surface area contributed by atoms with Gasteiger partial charge in [-0.05, 0) is 43.4 Å². The lowest BCUT2D eigenvalue weighted by atomic mass is 9.85. The van der Waals surface area contributed by atoms with Gasteiger partial charge in [0.25, 0.3) is 0 Å². The van der Waals surface area contributed by atoms with Crippen LogP contribution < -0.4 is 5.73 Å². The van der Waals surface area contributed by atoms with Gasteiger partial charge in [0, 0.05) is 23.5 Å². The lowest BCUT2D eigenvalue weighted by molar-refractivity contribution is -0.145. The van der Waals surface area contributed by atoms with Crippen molar-refractivity contribution in [2.75, 3.05) is 6.54 Å². The highest BCUT2D eigenvalue weighted by Crippen LogP contribution is 2.37. The largest absolute Gasteiger partial charge is 0.331 e. The summed E-state index contributed by atoms with van der Waals surface area (Å²) in [5.74, 6) is 0.255. The number of rotatable bonds is 6. The number of carbonyl (C=O) groups is 1. The van der Waals surface area contributed by atoms with Crippen molar-refractivity contribution in [3.8, 4) is 0 Å². The predicted molar refractivity (Wildman–Crippen MR) is 91.7 cm³/mol. The van der Waals surface area contributed by atoms with Gasteiger partial charge < -0.3 is 10.6 Å². The summed E-state index contributed by atoms with van der Waals surface area (Å²) in [7, 11) is 0. The van der Waals surface area contributed by atoms with Crippen LogP contribution in [0.5, 0.6) is 0 Å². The van der Waals surface area contributed by atoms with Crippen molar-refractivity contribution in [2.45, 2.75) is 44.7 Å². The minimum atomic E-state index is 0.0432. The second kappa shape index (κ2) is 7.80. The lowest BCUT2D eigenvalue weighted by Gasteiger charge is -2.43. The fraction of sp³-hybridized carbons (Fsp3) is 0.500. The number of benzene rings is 1. The van der Waals surface area contributed by atoms with Crippen LogP contribution in [0.3, 0.4) is 0 Å². The Balaban J connectivity index is 2.32. The van der Waals surface area contributed by atoms with Gasteiger partial charge in [-0.3, -0.25) is 4.79 Å². The summed E-state index contributed by atoms with van der Waals surface area (Å²) >= 11 is 5.99. The monoisotopic (exact) mass is 320 g/mol. The SMILES string of the molecule is C=CC[C@H]1CCC(c2ccc(Cl)cc2)N(C(CC)CN)C1=O. The Kier molecular flexibility index (Phi) is 6.04. The molecule has 0 radical (unpaired) electrons. The van der Waals surface area contributed by atoms with Gasteiger partial charge in [-0.15, -0.1) is 6.58 Å². The molecule has 0 spiro atoms. The van der Waals surface area contributed by atoms with E-state index in [4.69, 9.17) is 17.3 Å². The van der Waals surface area contributed by atoms with Gasteiger partial charge in [0.1, 0.15) is 0 Å². The third-order valence-electron chi connectivity index (χ3n) is 4.57. The van der Waals surface area contributed by atoms with Crippen molar-refractivity contribution in [2.24, 2.45) is 11.7 Å². The minimum absolute atomic E-state index is 0.0432. The summed E-state index contributed by atoms with van der Waals surface area (Å²) in [6, 6.07) is 7.99. The van der Waals surface area contributed by atoms with Crippen LogP contribution in [-0.2, 0) is 4.79 Å². The molecule has 1 aliphatic rings. The zero-order valence-corrected chi connectivity index (χ0v) is 13.9. The number of piperidine rings is 1. The number of likely N-dealkylation sites (tertiary alicyclic amines) is 1. The summed E-state index contributed by atoms with van der Waals surface area (Å²) < 4.78 is 0. The second-order valence-corrected chi connectivity index (χ2v) is 6.35. The Morgan fingerprint density at radius 2 is 2.09 bits per heavy atom. The van der Waals surface area contributed by atoms with Crippen molar-refractivity contribution in [3.63, 3.8) is 0 Å². The summed E-state index contributed by atoms with van der Waals surface area (Å²) in [5.41, 5.74) is 7.07. The molecule has 4 heteroatoms. The van der Waals surface area contributed by atoms with Crippen LogP contribution in [0.1, 0.15) is 44.2 Å². The van der Waals surface area contributed by atoms with Gasteiger partial charge in [-0.1, -0.05) is 36.7 Å². The molecule has 1 amide bonds. The van der Waals surface area contributed by atoms with Crippen molar-refractivity contribution in [1.29, 1.82) is 0 Å². The highest BCUT2D eigenvalue weighted by molar-refractivity contribution is 6.30. The number of halogens is 1. The van der Waals surface area contributed by atoms with Crippen LogP contribution in [0, 0.1) is 5.92 Å². The van der Waals surface area contributed by atoms with Gasteiger partial charge in [0.2, 0.25) is 5.91 Å². The molecule has 1 heterocycles. The normalized spacial score (nSPS) is 23.4. The standard InChI is InChI=1S/C18H25ClN2O/c1-3-5-14-8-11-17(13-6-9-15(19)10-7-13)21(18(14)22)16(4-2)12-20/h3,6-7,9-10,14,16-17H,1,4-5,8,11-12,20H2,2H3/t14-,16?,17?/m0/s1. The van der Waals surface area contributed by atoms with E-state index in [-0.39, 0.29) is 23.9 Å². The third-order valence-corrected chi connectivity index (χ3v) is 4.82. The highest BCUT2D eigenvalue weighted by Gasteiger charge is 2.38. The molecular weight excluding hydrogens is 296 g/mol. The van der Waals surface area contributed by atoms with E-state index in [1.165, 1.54) is 0 Å². The quantitative estimate of drug-likeness (QED) is 0.807. The molecule has 0 aliphatic carbocycles. The molecule has 1 aromatic carbocycles. The van der Waals surface area contributed by atoms with Gasteiger partial charge in [0.05, 0.1) is 6.04 Å². The first-order chi connectivity index (χ1) is 10.6. The van der Waals surface area contributed by atoms with Gasteiger partial charge in [0.15, 0.2) is 0 Å². The zero-order valence-electron chi connectivity index (χ0n) is 13.2. The van der Waals surface area contributed by atoms with E-state index in [2.05, 4.69) is 13.5 Å². The van der Waals surface area contributed by atoms with Crippen molar-refractivity contribution >= 4 is 17.5 Å². The molecule has 0 bridgehead atoms. The Labute approximate surface area is 138 Å². The fourth-order valence-electron chi connectivity index (χ4n) is 3.33. The van der Waals surface area contributed by atoms with Crippen LogP contribution in [0.15, 0.2) is 36.9 Å². The van der Waals surface area contributed by atoms with E-state index >= 15 is 0 Å². The van der Waals surface area contributed by atoms with Crippen molar-refractivity contribution in [1.82, 2.24) is 4.90 Å². The van der Waals surface area contributed by atoms with Crippen molar-refractivity contribution < 1.29 is 4.79 Å². The smallest absolute Gasteiger partial charge is 0.226 e. The van der Waals surface area contributed by atoms with Crippen molar-refractivity contribution in [3.05, 3.63) is 47.5 Å². The summed E-state index contributed by atoms with van der Waals surface area (Å²) in [5, 5.41) is 0.716. The molecule has 2 rings (SSSR count). The van der Waals surface area contributed by atoms with E-state index in [1.54, 1.807) is 0 Å². The third kappa shape index (κ3) is 3.53. The summed E-state index contributed by atoms with van der Waals surface area (Å²) in [4.78, 5) is 14.9. The van der Waals surface area contributed by atoms with Gasteiger partial charge in [-0.25, -0.2) is 0 Å². The number of hydrogen-bond acceptors (Lipinski definition) is 2. The average Bonchev–Trinajstić information content (AvgIpc) is 2.53. The summed E-state index contributed by atoms with van der Waals surface area (Å²) in [6.45, 7) is 6.35. The maximum atomic E-state index is 12.9. The van der Waals surface area contributed by atoms with Crippen LogP contribution in [-0.4, -0.2) is 23.4 Å². The number of hydrogen-bond donors (Lipinski definition) is 1. The van der Waals surface area contributed by atoms with E-state index < -0.39 is 0 Å². The van der Waals surface area contributed by atoms with Gasteiger partial charge in [-0.2, -0.15) is 0 Å². The average molecular weight is 321 g/mol. The molecule has 1 aliphatic heterocycles. The zero-order chi connectivity index (χ0) is 16.1. The van der Waals surface area contributed by atoms with Crippen LogP contribution >= 0.6 is 11.6 Å². The van der Waals surface area contributed by atoms with Crippen LogP contribution in [0.2, 0.25) is 5.02 Å². The first-order valence-corrected chi connectivity index (χ1v) is 8.38. The maximum absolute atomic E-state index is 12.9. The van der Waals surface area contributed by atoms with E-state index in [0.717, 1.165) is 31.2 Å². The minimum Gasteiger partial charge on any atom is -0.331 e. The number of nitrogens with two attached hydrogens (primary N) is 1. The number of allylic oxidation sites excluding steroid dienone is 1. The molecule has 3 nitrogen and oxygen atoms in total. The predicted octanol–water partition coefficient (Wildman–Crippen LogP) is 3.93. The second-order valence-electron chi connectivity index (χ2n) is 5.91. The van der Waals surface area contributed by atoms with Crippen LogP contribution in [0.4, 0.5) is 0 Å². The molecule has 0 aromatic heterocycles. The lowest BCUT2D eigenvalue weighted by Crippen LogP contribution is -2.51. The molecule has 1 aromatic rings. The molecule has 1 fully saturated rings. The van der Waals surface area contributed by atoms with E-state index in [1.807, 2.05) is 35.2 Å². The Morgan fingerprint density at radius 3 is 2.64 bits per heavy atom. The maximum Gasteiger partial charge on any atom is 0.226 e. The molecular formula is C18H25ClN2O. The Bertz CT molecular complexity index is 510. The molecule has 1 saturated heterocycles. The van der Waals surface area contributed by atoms with Gasteiger partial charge >= 0.3 is 0 Å². The molecule has 0 saturated carbocycles. The topological polar surface area (TPSA) is 46.3 Å². The first kappa shape index (κ1) is 17.0. The first-order valence-electron chi connectivity index (χ1n) is 8.00. The molecule has 2 N–H and O–H groups in total. The van der Waals surface area contributed by atoms with Crippen LogP contribution in [0.25, 0.3) is 0 Å². The number of nitrogens with zero attached hydrogens (tertiary/aromatic N) is 1. The molecule has 120 valence electrons. The molecule has 2 unspecified atom stereocenters. The summed E-state index contributed by atoms with van der Waals surface area (Å²) in [6.07, 6.45) is 5.31. The van der Waals surface area contributed by atoms with E-state index in [9.17, 15) is 4.79 Å². The Hall–Kier alpha value is -1.32. The Morgan fingerprint density at radius 1 is 1.41 bits per heavy atom. The van der Waals surface area contributed by atoms with E-state index in [0.29, 0.717) is 11.6 Å². The highest BCUT2D eigenvalue weighted by atomic mass is 35.5. The number of carbonyl (C=O) groups excluding carboxylic acids is 1.